The Kier molecular flexibility index (Phi) is 9.57. The molecule has 1 atom stereocenters. The summed E-state index contributed by atoms with van der Waals surface area (Å²) in [7, 11) is -1.32. The second kappa shape index (κ2) is 12.8. The van der Waals surface area contributed by atoms with Gasteiger partial charge in [0, 0.05) is 19.7 Å². The minimum absolute atomic E-state index is 0.0157. The van der Waals surface area contributed by atoms with Crippen molar-refractivity contribution in [3.8, 4) is 5.69 Å². The number of benzene rings is 3. The number of hydrogen-bond acceptors (Lipinski definition) is 4. The Morgan fingerprint density at radius 3 is 2.19 bits per heavy atom. The zero-order chi connectivity index (χ0) is 31.6. The Hall–Kier alpha value is -3.82. The van der Waals surface area contributed by atoms with Crippen LogP contribution in [0.5, 0.6) is 0 Å². The van der Waals surface area contributed by atoms with E-state index in [4.69, 9.17) is 11.6 Å². The molecule has 228 valence electrons. The molecule has 3 aromatic carbocycles. The Balaban J connectivity index is 1.66. The Labute approximate surface area is 258 Å². The predicted octanol–water partition coefficient (Wildman–Crippen LogP) is 6.29. The van der Waals surface area contributed by atoms with Crippen LogP contribution in [-0.2, 0) is 23.5 Å². The number of para-hydroxylation sites is 1. The third-order valence-electron chi connectivity index (χ3n) is 7.61. The van der Waals surface area contributed by atoms with E-state index in [2.05, 4.69) is 31.3 Å². The van der Waals surface area contributed by atoms with E-state index in [9.17, 15) is 18.0 Å². The number of carbonyl (C=O) groups is 1. The van der Waals surface area contributed by atoms with E-state index in [0.717, 1.165) is 16.3 Å². The van der Waals surface area contributed by atoms with Crippen LogP contribution in [0, 0.1) is 18.8 Å². The van der Waals surface area contributed by atoms with Gasteiger partial charge in [-0.25, -0.2) is 13.1 Å². The molecule has 4 aromatic rings. The molecule has 1 unspecified atom stereocenters. The summed E-state index contributed by atoms with van der Waals surface area (Å²) in [4.78, 5) is 26.7. The van der Waals surface area contributed by atoms with Crippen molar-refractivity contribution in [1.29, 1.82) is 0 Å². The second-order valence-electron chi connectivity index (χ2n) is 11.6. The first-order valence-electron chi connectivity index (χ1n) is 14.3. The van der Waals surface area contributed by atoms with Crippen molar-refractivity contribution in [3.63, 3.8) is 0 Å². The van der Waals surface area contributed by atoms with Gasteiger partial charge in [-0.15, -0.1) is 0 Å². The lowest BCUT2D eigenvalue weighted by Crippen LogP contribution is -2.33. The number of nitrogens with zero attached hydrogens (tertiary/aromatic N) is 3. The maximum Gasteiger partial charge on any atom is 0.296 e. The highest BCUT2D eigenvalue weighted by Crippen LogP contribution is 2.30. The van der Waals surface area contributed by atoms with Gasteiger partial charge in [-0.3, -0.25) is 18.6 Å². The minimum Gasteiger partial charge on any atom is -0.345 e. The zero-order valence-corrected chi connectivity index (χ0v) is 27.2. The van der Waals surface area contributed by atoms with Crippen molar-refractivity contribution in [2.45, 2.75) is 52.0 Å². The molecule has 4 rings (SSSR count). The number of aromatic nitrogens is 2. The van der Waals surface area contributed by atoms with Gasteiger partial charge in [0.25, 0.3) is 21.5 Å². The molecule has 0 aliphatic rings. The van der Waals surface area contributed by atoms with Gasteiger partial charge in [0.1, 0.15) is 10.6 Å². The lowest BCUT2D eigenvalue weighted by Gasteiger charge is -2.24. The summed E-state index contributed by atoms with van der Waals surface area (Å²) < 4.78 is 31.7. The molecule has 1 amide bonds. The molecule has 8 nitrogen and oxygen atoms in total. The van der Waals surface area contributed by atoms with Gasteiger partial charge >= 0.3 is 0 Å². The van der Waals surface area contributed by atoms with Crippen LogP contribution in [0.1, 0.15) is 60.9 Å². The van der Waals surface area contributed by atoms with E-state index in [1.807, 2.05) is 32.0 Å². The first-order chi connectivity index (χ1) is 20.2. The fourth-order valence-corrected chi connectivity index (χ4v) is 6.96. The van der Waals surface area contributed by atoms with Crippen molar-refractivity contribution in [2.75, 3.05) is 11.4 Å². The summed E-state index contributed by atoms with van der Waals surface area (Å²) in [5.41, 5.74) is 2.87. The molecular weight excluding hydrogens is 584 g/mol. The predicted molar refractivity (Wildman–Crippen MR) is 173 cm³/mol. The summed E-state index contributed by atoms with van der Waals surface area (Å²) in [5, 5.41) is 3.01. The van der Waals surface area contributed by atoms with Crippen molar-refractivity contribution in [3.05, 3.63) is 111 Å². The highest BCUT2D eigenvalue weighted by molar-refractivity contribution is 7.93. The van der Waals surface area contributed by atoms with Crippen LogP contribution >= 0.6 is 11.6 Å². The number of nitrogens with one attached hydrogen (secondary N) is 1. The number of sulfonamides is 1. The molecule has 10 heteroatoms. The van der Waals surface area contributed by atoms with Crippen LogP contribution in [0.25, 0.3) is 5.69 Å². The van der Waals surface area contributed by atoms with Gasteiger partial charge in [0.05, 0.1) is 22.4 Å². The van der Waals surface area contributed by atoms with E-state index in [-0.39, 0.29) is 33.1 Å². The van der Waals surface area contributed by atoms with Crippen molar-refractivity contribution >= 4 is 33.2 Å². The number of amides is 1. The van der Waals surface area contributed by atoms with Crippen LogP contribution in [-0.4, -0.2) is 30.7 Å². The number of carbonyl (C=O) groups excluding carboxylic acids is 1. The van der Waals surface area contributed by atoms with E-state index in [1.54, 1.807) is 42.9 Å². The Morgan fingerprint density at radius 2 is 1.60 bits per heavy atom. The monoisotopic (exact) mass is 622 g/mol. The molecule has 1 aromatic heterocycles. The molecule has 0 aliphatic carbocycles. The summed E-state index contributed by atoms with van der Waals surface area (Å²) in [6.07, 6.45) is 0.970. The van der Waals surface area contributed by atoms with Crippen LogP contribution in [0.4, 0.5) is 5.69 Å². The van der Waals surface area contributed by atoms with E-state index >= 15 is 0 Å². The van der Waals surface area contributed by atoms with Crippen molar-refractivity contribution < 1.29 is 13.2 Å². The molecule has 0 spiro atoms. The summed E-state index contributed by atoms with van der Waals surface area (Å²) in [5.74, 6) is 0.189. The zero-order valence-electron chi connectivity index (χ0n) is 25.6. The van der Waals surface area contributed by atoms with Crippen molar-refractivity contribution in [1.82, 2.24) is 14.7 Å². The molecule has 0 radical (unpaired) electrons. The van der Waals surface area contributed by atoms with Gasteiger partial charge < -0.3 is 5.32 Å². The van der Waals surface area contributed by atoms with Crippen LogP contribution in [0.2, 0.25) is 5.02 Å². The van der Waals surface area contributed by atoms with Crippen LogP contribution in [0.3, 0.4) is 0 Å². The third kappa shape index (κ3) is 6.58. The maximum atomic E-state index is 13.9. The molecule has 1 N–H and O–H groups in total. The lowest BCUT2D eigenvalue weighted by atomic mass is 9.93. The average Bonchev–Trinajstić information content (AvgIpc) is 3.18. The molecule has 0 aliphatic heterocycles. The summed E-state index contributed by atoms with van der Waals surface area (Å²) in [6.45, 7) is 10.1. The molecule has 1 heterocycles. The number of rotatable bonds is 10. The minimum atomic E-state index is -4.33. The Morgan fingerprint density at radius 1 is 0.977 bits per heavy atom. The fourth-order valence-electron chi connectivity index (χ4n) is 5.22. The molecule has 0 saturated carbocycles. The number of halogens is 1. The maximum absolute atomic E-state index is 13.9. The SMILES string of the molecule is Cc1c(N(C)S(=O)(=O)c2cc(C(=O)NC(c3ccc(CC(C)C)cc3)C(C)C)ccc2Cl)c(=O)n(-c2ccccc2)n1C. The normalized spacial score (nSPS) is 12.5. The molecule has 43 heavy (non-hydrogen) atoms. The Bertz CT molecular complexity index is 1780. The first kappa shape index (κ1) is 32.1. The lowest BCUT2D eigenvalue weighted by molar-refractivity contribution is 0.0925. The number of hydrogen-bond donors (Lipinski definition) is 1. The van der Waals surface area contributed by atoms with Gasteiger partial charge in [-0.1, -0.05) is 81.8 Å². The summed E-state index contributed by atoms with van der Waals surface area (Å²) in [6, 6.07) is 21.0. The van der Waals surface area contributed by atoms with Crippen LogP contribution in [0.15, 0.2) is 82.5 Å². The molecule has 0 fully saturated rings. The van der Waals surface area contributed by atoms with Crippen molar-refractivity contribution in [2.24, 2.45) is 18.9 Å². The van der Waals surface area contributed by atoms with Gasteiger partial charge in [-0.05, 0) is 66.6 Å². The van der Waals surface area contributed by atoms with E-state index in [0.29, 0.717) is 17.3 Å². The van der Waals surface area contributed by atoms with Gasteiger partial charge in [0.15, 0.2) is 0 Å². The van der Waals surface area contributed by atoms with Gasteiger partial charge in [-0.2, -0.15) is 0 Å². The fraction of sp³-hybridized carbons (Fsp3) is 0.333. The highest BCUT2D eigenvalue weighted by Gasteiger charge is 2.31. The quantitative estimate of drug-likeness (QED) is 0.225. The van der Waals surface area contributed by atoms with Crippen LogP contribution < -0.4 is 15.2 Å². The van der Waals surface area contributed by atoms with E-state index < -0.39 is 21.5 Å². The topological polar surface area (TPSA) is 93.4 Å². The van der Waals surface area contributed by atoms with E-state index in [1.165, 1.54) is 35.5 Å². The number of anilines is 1. The largest absolute Gasteiger partial charge is 0.345 e. The summed E-state index contributed by atoms with van der Waals surface area (Å²) >= 11 is 6.41. The standard InChI is InChI=1S/C33H39ClN4O4S/c1-21(2)19-24-13-15-25(16-14-24)30(22(3)4)35-32(39)26-17-18-28(34)29(20-26)43(41,42)37(7)31-23(5)36(6)38(33(31)40)27-11-9-8-10-12-27/h8-18,20-22,30H,19H2,1-7H3,(H,35,39). The third-order valence-corrected chi connectivity index (χ3v) is 9.85. The average molecular weight is 623 g/mol. The second-order valence-corrected chi connectivity index (χ2v) is 13.9. The van der Waals surface area contributed by atoms with Gasteiger partial charge in [0.2, 0.25) is 0 Å². The molecular formula is C33H39ClN4O4S. The molecule has 0 bridgehead atoms. The smallest absolute Gasteiger partial charge is 0.296 e. The first-order valence-corrected chi connectivity index (χ1v) is 16.1. The highest BCUT2D eigenvalue weighted by atomic mass is 35.5. The molecule has 0 saturated heterocycles.